The van der Waals surface area contributed by atoms with Crippen LogP contribution < -0.4 is 15.6 Å². The summed E-state index contributed by atoms with van der Waals surface area (Å²) in [5.41, 5.74) is 6.08. The lowest BCUT2D eigenvalue weighted by Crippen LogP contribution is -2.43. The van der Waals surface area contributed by atoms with Crippen molar-refractivity contribution in [1.82, 2.24) is 10.9 Å². The minimum Gasteiger partial charge on any atom is -0.484 e. The minimum atomic E-state index is -0.361. The summed E-state index contributed by atoms with van der Waals surface area (Å²) < 4.78 is 5.39. The van der Waals surface area contributed by atoms with Crippen LogP contribution in [0.15, 0.2) is 24.3 Å². The van der Waals surface area contributed by atoms with Gasteiger partial charge in [0.25, 0.3) is 5.91 Å². The van der Waals surface area contributed by atoms with Crippen LogP contribution in [0.3, 0.4) is 0 Å². The van der Waals surface area contributed by atoms with E-state index in [1.807, 2.05) is 24.3 Å². The molecule has 1 aliphatic rings. The molecule has 0 unspecified atom stereocenters. The number of aryl methyl sites for hydroxylation is 1. The maximum Gasteiger partial charge on any atom is 0.276 e. The Morgan fingerprint density at radius 3 is 2.38 bits per heavy atom. The highest BCUT2D eigenvalue weighted by Gasteiger charge is 2.15. The zero-order valence-corrected chi connectivity index (χ0v) is 14.5. The molecule has 1 aromatic carbocycles. The fraction of sp³-hybridized carbons (Fsp3) is 0.579. The Bertz CT molecular complexity index is 522. The van der Waals surface area contributed by atoms with Crippen LogP contribution in [0.2, 0.25) is 0 Å². The number of amides is 2. The van der Waals surface area contributed by atoms with Crippen molar-refractivity contribution >= 4 is 11.8 Å². The minimum absolute atomic E-state index is 0.117. The number of carbonyl (C=O) groups is 2. The van der Waals surface area contributed by atoms with Crippen molar-refractivity contribution in [3.8, 4) is 5.75 Å². The predicted octanol–water partition coefficient (Wildman–Crippen LogP) is 3.14. The first-order valence-electron chi connectivity index (χ1n) is 8.96. The lowest BCUT2D eigenvalue weighted by atomic mass is 9.86. The fourth-order valence-corrected chi connectivity index (χ4v) is 3.02. The highest BCUT2D eigenvalue weighted by Crippen LogP contribution is 2.27. The van der Waals surface area contributed by atoms with Crippen LogP contribution in [0.5, 0.6) is 5.75 Å². The van der Waals surface area contributed by atoms with Crippen LogP contribution in [-0.4, -0.2) is 18.4 Å². The Morgan fingerprint density at radius 1 is 1.04 bits per heavy atom. The van der Waals surface area contributed by atoms with Crippen LogP contribution >= 0.6 is 0 Å². The van der Waals surface area contributed by atoms with E-state index >= 15 is 0 Å². The van der Waals surface area contributed by atoms with Gasteiger partial charge >= 0.3 is 0 Å². The molecule has 1 aliphatic carbocycles. The van der Waals surface area contributed by atoms with Crippen molar-refractivity contribution in [1.29, 1.82) is 0 Å². The number of benzene rings is 1. The normalized spacial score (nSPS) is 14.9. The Hall–Kier alpha value is -2.04. The first-order chi connectivity index (χ1) is 11.7. The molecule has 0 aliphatic heterocycles. The monoisotopic (exact) mass is 332 g/mol. The molecule has 2 rings (SSSR count). The smallest absolute Gasteiger partial charge is 0.276 e. The van der Waals surface area contributed by atoms with Gasteiger partial charge in [0.2, 0.25) is 5.91 Å². The summed E-state index contributed by atoms with van der Waals surface area (Å²) in [7, 11) is 0. The lowest BCUT2D eigenvalue weighted by molar-refractivity contribution is -0.130. The van der Waals surface area contributed by atoms with E-state index < -0.39 is 0 Å². The van der Waals surface area contributed by atoms with Gasteiger partial charge in [0, 0.05) is 6.42 Å². The Labute approximate surface area is 144 Å². The number of nitrogens with one attached hydrogen (secondary N) is 2. The van der Waals surface area contributed by atoms with Gasteiger partial charge in [-0.2, -0.15) is 0 Å². The Kier molecular flexibility index (Phi) is 7.59. The quantitative estimate of drug-likeness (QED) is 0.754. The summed E-state index contributed by atoms with van der Waals surface area (Å²) in [4.78, 5) is 23.5. The van der Waals surface area contributed by atoms with E-state index in [9.17, 15) is 9.59 Å². The van der Waals surface area contributed by atoms with E-state index in [0.717, 1.165) is 12.8 Å². The molecule has 132 valence electrons. The van der Waals surface area contributed by atoms with Gasteiger partial charge in [-0.1, -0.05) is 51.2 Å². The number of hydrogen-bond donors (Lipinski definition) is 2. The van der Waals surface area contributed by atoms with Crippen molar-refractivity contribution in [3.63, 3.8) is 0 Å². The summed E-state index contributed by atoms with van der Waals surface area (Å²) in [5, 5.41) is 0. The van der Waals surface area contributed by atoms with Gasteiger partial charge in [-0.3, -0.25) is 20.4 Å². The third-order valence-electron chi connectivity index (χ3n) is 4.55. The van der Waals surface area contributed by atoms with Crippen LogP contribution in [0.1, 0.15) is 57.4 Å². The van der Waals surface area contributed by atoms with Crippen LogP contribution in [0.25, 0.3) is 0 Å². The van der Waals surface area contributed by atoms with Gasteiger partial charge in [0.05, 0.1) is 0 Å². The highest BCUT2D eigenvalue weighted by molar-refractivity contribution is 5.82. The van der Waals surface area contributed by atoms with E-state index in [2.05, 4.69) is 17.8 Å². The molecule has 2 amide bonds. The summed E-state index contributed by atoms with van der Waals surface area (Å²) in [6, 6.07) is 7.63. The number of ether oxygens (including phenoxy) is 1. The maximum atomic E-state index is 11.8. The summed E-state index contributed by atoms with van der Waals surface area (Å²) in [6.45, 7) is 1.97. The molecular formula is C19H28N2O3. The molecule has 0 saturated heterocycles. The van der Waals surface area contributed by atoms with Crippen LogP contribution in [0, 0.1) is 5.92 Å². The molecule has 24 heavy (non-hydrogen) atoms. The van der Waals surface area contributed by atoms with E-state index in [1.54, 1.807) is 0 Å². The topological polar surface area (TPSA) is 67.4 Å². The first kappa shape index (κ1) is 18.3. The zero-order valence-electron chi connectivity index (χ0n) is 14.5. The van der Waals surface area contributed by atoms with Crippen molar-refractivity contribution in [2.24, 2.45) is 5.92 Å². The van der Waals surface area contributed by atoms with Crippen LogP contribution in [0.4, 0.5) is 0 Å². The third-order valence-corrected chi connectivity index (χ3v) is 4.55. The zero-order chi connectivity index (χ0) is 17.2. The average molecular weight is 332 g/mol. The number of carbonyl (C=O) groups excluding carboxylic acids is 2. The van der Waals surface area contributed by atoms with Crippen molar-refractivity contribution in [2.45, 2.75) is 58.3 Å². The molecule has 0 heterocycles. The molecule has 0 bridgehead atoms. The molecule has 0 aromatic heterocycles. The molecule has 1 fully saturated rings. The van der Waals surface area contributed by atoms with Gasteiger partial charge in [0.15, 0.2) is 6.61 Å². The molecule has 0 radical (unpaired) electrons. The molecule has 5 nitrogen and oxygen atoms in total. The van der Waals surface area contributed by atoms with E-state index in [1.165, 1.54) is 37.7 Å². The van der Waals surface area contributed by atoms with Gasteiger partial charge in [-0.25, -0.2) is 0 Å². The number of hydrogen-bond acceptors (Lipinski definition) is 3. The van der Waals surface area contributed by atoms with Gasteiger partial charge < -0.3 is 4.74 Å². The van der Waals surface area contributed by atoms with Crippen LogP contribution in [-0.2, 0) is 16.0 Å². The molecule has 1 aromatic rings. The van der Waals surface area contributed by atoms with E-state index in [4.69, 9.17) is 4.74 Å². The van der Waals surface area contributed by atoms with E-state index in [-0.39, 0.29) is 18.4 Å². The Morgan fingerprint density at radius 2 is 1.71 bits per heavy atom. The first-order valence-corrected chi connectivity index (χ1v) is 8.96. The summed E-state index contributed by atoms with van der Waals surface area (Å²) in [5.74, 6) is 0.808. The lowest BCUT2D eigenvalue weighted by Gasteiger charge is -2.21. The van der Waals surface area contributed by atoms with Gasteiger partial charge in [-0.15, -0.1) is 0 Å². The largest absolute Gasteiger partial charge is 0.484 e. The Balaban J connectivity index is 1.58. The highest BCUT2D eigenvalue weighted by atomic mass is 16.5. The molecule has 1 saturated carbocycles. The fourth-order valence-electron chi connectivity index (χ4n) is 3.02. The number of hydrazine groups is 1. The second-order valence-electron chi connectivity index (χ2n) is 6.43. The second kappa shape index (κ2) is 9.96. The van der Waals surface area contributed by atoms with E-state index in [0.29, 0.717) is 18.1 Å². The van der Waals surface area contributed by atoms with Crippen molar-refractivity contribution in [3.05, 3.63) is 29.8 Å². The van der Waals surface area contributed by atoms with Crippen molar-refractivity contribution < 1.29 is 14.3 Å². The molecular weight excluding hydrogens is 304 g/mol. The van der Waals surface area contributed by atoms with Gasteiger partial charge in [0.1, 0.15) is 5.75 Å². The summed E-state index contributed by atoms with van der Waals surface area (Å²) >= 11 is 0. The van der Waals surface area contributed by atoms with Gasteiger partial charge in [-0.05, 0) is 36.5 Å². The maximum absolute atomic E-state index is 11.8. The average Bonchev–Trinajstić information content (AvgIpc) is 2.64. The third kappa shape index (κ3) is 6.60. The molecule has 0 spiro atoms. The summed E-state index contributed by atoms with van der Waals surface area (Å²) in [6.07, 6.45) is 8.66. The number of rotatable bonds is 7. The molecule has 0 atom stereocenters. The van der Waals surface area contributed by atoms with Crippen molar-refractivity contribution in [2.75, 3.05) is 6.61 Å². The predicted molar refractivity (Wildman–Crippen MR) is 93.4 cm³/mol. The SMILES string of the molecule is CCc1ccc(OCC(=O)NNC(=O)CCC2CCCCC2)cc1. The molecule has 5 heteroatoms. The second-order valence-corrected chi connectivity index (χ2v) is 6.43. The standard InChI is InChI=1S/C19H28N2O3/c1-2-15-8-11-17(12-9-15)24-14-19(23)21-20-18(22)13-10-16-6-4-3-5-7-16/h8-9,11-12,16H,2-7,10,13-14H2,1H3,(H,20,22)(H,21,23). The molecule has 2 N–H and O–H groups in total.